The lowest BCUT2D eigenvalue weighted by molar-refractivity contribution is 0.386. The summed E-state index contributed by atoms with van der Waals surface area (Å²) in [5.41, 5.74) is 0. The second kappa shape index (κ2) is 4.60. The number of nitrogens with zero attached hydrogens (tertiary/aromatic N) is 6. The molecule has 7 nitrogen and oxygen atoms in total. The van der Waals surface area contributed by atoms with Crippen molar-refractivity contribution < 1.29 is 4.52 Å². The zero-order valence-electron chi connectivity index (χ0n) is 9.28. The monoisotopic (exact) mass is 240 g/mol. The lowest BCUT2D eigenvalue weighted by atomic mass is 10.4. The first-order valence-electron chi connectivity index (χ1n) is 4.86. The van der Waals surface area contributed by atoms with Crippen molar-refractivity contribution >= 4 is 11.8 Å². The fourth-order valence-corrected chi connectivity index (χ4v) is 1.97. The van der Waals surface area contributed by atoms with Crippen LogP contribution >= 0.6 is 11.8 Å². The lowest BCUT2D eigenvalue weighted by Gasteiger charge is -2.05. The highest BCUT2D eigenvalue weighted by Gasteiger charge is 2.11. The van der Waals surface area contributed by atoms with Gasteiger partial charge in [0.2, 0.25) is 11.0 Å². The Balaban J connectivity index is 2.02. The third-order valence-corrected chi connectivity index (χ3v) is 2.76. The van der Waals surface area contributed by atoms with Gasteiger partial charge in [-0.1, -0.05) is 16.9 Å². The van der Waals surface area contributed by atoms with Crippen molar-refractivity contribution in [3.05, 3.63) is 11.7 Å². The molecular weight excluding hydrogens is 228 g/mol. The Morgan fingerprint density at radius 2 is 2.25 bits per heavy atom. The van der Waals surface area contributed by atoms with E-state index in [1.165, 1.54) is 11.8 Å². The lowest BCUT2D eigenvalue weighted by Crippen LogP contribution is -2.04. The molecule has 0 aromatic carbocycles. The van der Waals surface area contributed by atoms with Crippen LogP contribution in [0.4, 0.5) is 0 Å². The van der Waals surface area contributed by atoms with Crippen molar-refractivity contribution in [3.63, 3.8) is 0 Å². The first kappa shape index (κ1) is 11.1. The van der Waals surface area contributed by atoms with Crippen LogP contribution in [-0.2, 0) is 5.75 Å². The molecule has 0 aliphatic heterocycles. The number of hydrogen-bond donors (Lipinski definition) is 0. The molecule has 0 saturated carbocycles. The molecule has 0 radical (unpaired) electrons. The largest absolute Gasteiger partial charge is 0.338 e. The Morgan fingerprint density at radius 3 is 2.88 bits per heavy atom. The molecule has 8 heteroatoms. The maximum Gasteiger partial charge on any atom is 0.237 e. The molecule has 2 aromatic rings. The van der Waals surface area contributed by atoms with Crippen LogP contribution in [0.1, 0.15) is 31.6 Å². The first-order chi connectivity index (χ1) is 7.66. The minimum absolute atomic E-state index is 0.238. The zero-order valence-corrected chi connectivity index (χ0v) is 10.1. The molecule has 0 N–H and O–H groups in total. The molecule has 0 atom stereocenters. The second-order valence-corrected chi connectivity index (χ2v) is 4.47. The van der Waals surface area contributed by atoms with E-state index in [2.05, 4.69) is 25.7 Å². The van der Waals surface area contributed by atoms with E-state index in [0.717, 1.165) is 5.16 Å². The molecule has 0 fully saturated rings. The van der Waals surface area contributed by atoms with Gasteiger partial charge in [-0.25, -0.2) is 4.68 Å². The van der Waals surface area contributed by atoms with E-state index in [9.17, 15) is 0 Å². The maximum absolute atomic E-state index is 5.00. The van der Waals surface area contributed by atoms with Gasteiger partial charge in [0.05, 0.1) is 11.8 Å². The van der Waals surface area contributed by atoms with E-state index < -0.39 is 0 Å². The smallest absolute Gasteiger partial charge is 0.237 e. The number of aryl methyl sites for hydroxylation is 1. The van der Waals surface area contributed by atoms with Crippen LogP contribution in [0.15, 0.2) is 9.68 Å². The predicted molar refractivity (Wildman–Crippen MR) is 56.8 cm³/mol. The van der Waals surface area contributed by atoms with Crippen molar-refractivity contribution in [3.8, 4) is 0 Å². The molecule has 0 aliphatic carbocycles. The molecule has 2 aromatic heterocycles. The van der Waals surface area contributed by atoms with Gasteiger partial charge < -0.3 is 4.52 Å². The Labute approximate surface area is 96.6 Å². The van der Waals surface area contributed by atoms with Crippen LogP contribution in [0, 0.1) is 6.92 Å². The Kier molecular flexibility index (Phi) is 3.18. The SMILES string of the molecule is Cc1noc(CSc2nnnn2C(C)C)n1. The van der Waals surface area contributed by atoms with E-state index in [1.807, 2.05) is 13.8 Å². The summed E-state index contributed by atoms with van der Waals surface area (Å²) < 4.78 is 6.76. The predicted octanol–water partition coefficient (Wildman–Crippen LogP) is 1.24. The van der Waals surface area contributed by atoms with Gasteiger partial charge in [0, 0.05) is 0 Å². The van der Waals surface area contributed by atoms with Crippen LogP contribution in [0.5, 0.6) is 0 Å². The van der Waals surface area contributed by atoms with E-state index in [0.29, 0.717) is 17.5 Å². The number of aromatic nitrogens is 6. The summed E-state index contributed by atoms with van der Waals surface area (Å²) in [6, 6.07) is 0.238. The van der Waals surface area contributed by atoms with Gasteiger partial charge in [0.25, 0.3) is 0 Å². The van der Waals surface area contributed by atoms with Gasteiger partial charge in [-0.3, -0.25) is 0 Å². The van der Waals surface area contributed by atoms with Crippen LogP contribution in [0.25, 0.3) is 0 Å². The molecule has 0 saturated heterocycles. The fourth-order valence-electron chi connectivity index (χ4n) is 1.13. The van der Waals surface area contributed by atoms with E-state index in [1.54, 1.807) is 11.6 Å². The van der Waals surface area contributed by atoms with Crippen molar-refractivity contribution in [1.82, 2.24) is 30.3 Å². The fraction of sp³-hybridized carbons (Fsp3) is 0.625. The minimum Gasteiger partial charge on any atom is -0.338 e. The first-order valence-corrected chi connectivity index (χ1v) is 5.85. The van der Waals surface area contributed by atoms with Crippen LogP contribution in [0.3, 0.4) is 0 Å². The van der Waals surface area contributed by atoms with Gasteiger partial charge in [0.15, 0.2) is 5.82 Å². The molecule has 0 bridgehead atoms. The molecule has 0 spiro atoms. The van der Waals surface area contributed by atoms with Crippen molar-refractivity contribution in [2.24, 2.45) is 0 Å². The standard InChI is InChI=1S/C8H12N6OS/c1-5(2)14-8(10-12-13-14)16-4-7-9-6(3)11-15-7/h5H,4H2,1-3H3. The number of tetrazole rings is 1. The summed E-state index contributed by atoms with van der Waals surface area (Å²) in [5, 5.41) is 15.9. The molecule has 86 valence electrons. The zero-order chi connectivity index (χ0) is 11.5. The molecular formula is C8H12N6OS. The topological polar surface area (TPSA) is 82.5 Å². The van der Waals surface area contributed by atoms with Crippen LogP contribution in [-0.4, -0.2) is 30.3 Å². The molecule has 16 heavy (non-hydrogen) atoms. The number of thioether (sulfide) groups is 1. The molecule has 0 unspecified atom stereocenters. The summed E-state index contributed by atoms with van der Waals surface area (Å²) in [4.78, 5) is 4.11. The summed E-state index contributed by atoms with van der Waals surface area (Å²) in [7, 11) is 0. The van der Waals surface area contributed by atoms with E-state index >= 15 is 0 Å². The second-order valence-electron chi connectivity index (χ2n) is 3.52. The third kappa shape index (κ3) is 2.38. The molecule has 2 rings (SSSR count). The summed E-state index contributed by atoms with van der Waals surface area (Å²) in [6.07, 6.45) is 0. The minimum atomic E-state index is 0.238. The Morgan fingerprint density at radius 1 is 1.44 bits per heavy atom. The Bertz CT molecular complexity index is 465. The van der Waals surface area contributed by atoms with Gasteiger partial charge in [-0.2, -0.15) is 4.98 Å². The average Bonchev–Trinajstić information content (AvgIpc) is 2.83. The highest BCUT2D eigenvalue weighted by molar-refractivity contribution is 7.98. The summed E-state index contributed by atoms with van der Waals surface area (Å²) in [6.45, 7) is 5.84. The van der Waals surface area contributed by atoms with Gasteiger partial charge >= 0.3 is 0 Å². The average molecular weight is 240 g/mol. The normalized spacial score (nSPS) is 11.2. The van der Waals surface area contributed by atoms with Crippen molar-refractivity contribution in [2.45, 2.75) is 37.7 Å². The molecule has 2 heterocycles. The Hall–Kier alpha value is -1.44. The maximum atomic E-state index is 5.00. The third-order valence-electron chi connectivity index (χ3n) is 1.85. The number of hydrogen-bond acceptors (Lipinski definition) is 7. The molecule has 0 amide bonds. The van der Waals surface area contributed by atoms with E-state index in [-0.39, 0.29) is 6.04 Å². The van der Waals surface area contributed by atoms with Crippen LogP contribution < -0.4 is 0 Å². The van der Waals surface area contributed by atoms with E-state index in [4.69, 9.17) is 4.52 Å². The summed E-state index contributed by atoms with van der Waals surface area (Å²) >= 11 is 1.48. The highest BCUT2D eigenvalue weighted by Crippen LogP contribution is 2.20. The molecule has 0 aliphatic rings. The number of rotatable bonds is 4. The van der Waals surface area contributed by atoms with Gasteiger partial charge in [0.1, 0.15) is 0 Å². The van der Waals surface area contributed by atoms with Crippen LogP contribution in [0.2, 0.25) is 0 Å². The van der Waals surface area contributed by atoms with Crippen molar-refractivity contribution in [2.75, 3.05) is 0 Å². The quantitative estimate of drug-likeness (QED) is 0.743. The van der Waals surface area contributed by atoms with Crippen molar-refractivity contribution in [1.29, 1.82) is 0 Å². The highest BCUT2D eigenvalue weighted by atomic mass is 32.2. The van der Waals surface area contributed by atoms with Gasteiger partial charge in [-0.05, 0) is 31.2 Å². The van der Waals surface area contributed by atoms with Gasteiger partial charge in [-0.15, -0.1) is 5.10 Å². The summed E-state index contributed by atoms with van der Waals surface area (Å²) in [5.74, 6) is 1.80.